The smallest absolute Gasteiger partial charge is 0.119 e. The lowest BCUT2D eigenvalue weighted by Crippen LogP contribution is -2.09. The summed E-state index contributed by atoms with van der Waals surface area (Å²) in [6.45, 7) is 6.91. The number of rotatable bonds is 10. The van der Waals surface area contributed by atoms with Crippen molar-refractivity contribution in [3.63, 3.8) is 0 Å². The Balaban J connectivity index is 2.15. The molecule has 0 saturated carbocycles. The molecule has 0 bridgehead atoms. The maximum Gasteiger partial charge on any atom is 0.119 e. The van der Waals surface area contributed by atoms with E-state index in [2.05, 4.69) is 13.5 Å². The molecular weight excluding hydrogens is 220 g/mol. The van der Waals surface area contributed by atoms with Crippen molar-refractivity contribution in [2.24, 2.45) is 5.92 Å². The first-order valence-electron chi connectivity index (χ1n) is 7.17. The monoisotopic (exact) mass is 246 g/mol. The van der Waals surface area contributed by atoms with E-state index in [-0.39, 0.29) is 0 Å². The summed E-state index contributed by atoms with van der Waals surface area (Å²) < 4.78 is 5.77. The van der Waals surface area contributed by atoms with Crippen molar-refractivity contribution >= 4 is 0 Å². The van der Waals surface area contributed by atoms with E-state index in [1.165, 1.54) is 38.5 Å². The fourth-order valence-electron chi connectivity index (χ4n) is 2.00. The Bertz CT molecular complexity index is 305. The molecule has 1 heteroatoms. The van der Waals surface area contributed by atoms with Crippen molar-refractivity contribution in [2.75, 3.05) is 6.61 Å². The molecule has 0 aromatic heterocycles. The van der Waals surface area contributed by atoms with Crippen molar-refractivity contribution in [1.82, 2.24) is 0 Å². The SMILES string of the molecule is C=CC(CCCCCCC)COc1ccccc1. The molecule has 18 heavy (non-hydrogen) atoms. The Morgan fingerprint density at radius 2 is 1.83 bits per heavy atom. The van der Waals surface area contributed by atoms with Crippen LogP contribution in [0.5, 0.6) is 5.75 Å². The Labute approximate surface area is 112 Å². The Kier molecular flexibility index (Phi) is 8.03. The number of hydrogen-bond donors (Lipinski definition) is 0. The van der Waals surface area contributed by atoms with Crippen LogP contribution in [0, 0.1) is 5.92 Å². The molecule has 0 N–H and O–H groups in total. The molecule has 0 saturated heterocycles. The van der Waals surface area contributed by atoms with Gasteiger partial charge < -0.3 is 4.74 Å². The van der Waals surface area contributed by atoms with Gasteiger partial charge in [-0.25, -0.2) is 0 Å². The van der Waals surface area contributed by atoms with Gasteiger partial charge in [0.05, 0.1) is 6.61 Å². The summed E-state index contributed by atoms with van der Waals surface area (Å²) in [7, 11) is 0. The van der Waals surface area contributed by atoms with Gasteiger partial charge in [0.2, 0.25) is 0 Å². The van der Waals surface area contributed by atoms with Crippen LogP contribution in [-0.4, -0.2) is 6.61 Å². The number of ether oxygens (including phenoxy) is 1. The van der Waals surface area contributed by atoms with E-state index >= 15 is 0 Å². The zero-order valence-corrected chi connectivity index (χ0v) is 11.6. The third-order valence-corrected chi connectivity index (χ3v) is 3.22. The van der Waals surface area contributed by atoms with Gasteiger partial charge >= 0.3 is 0 Å². The van der Waals surface area contributed by atoms with Crippen molar-refractivity contribution < 1.29 is 4.74 Å². The van der Waals surface area contributed by atoms with Crippen molar-refractivity contribution in [3.8, 4) is 5.75 Å². The molecule has 1 atom stereocenters. The summed E-state index contributed by atoms with van der Waals surface area (Å²) >= 11 is 0. The second-order valence-electron chi connectivity index (χ2n) is 4.82. The highest BCUT2D eigenvalue weighted by Crippen LogP contribution is 2.15. The molecule has 1 rings (SSSR count). The van der Waals surface area contributed by atoms with Crippen LogP contribution in [0.2, 0.25) is 0 Å². The Morgan fingerprint density at radius 1 is 1.11 bits per heavy atom. The minimum Gasteiger partial charge on any atom is -0.493 e. The van der Waals surface area contributed by atoms with Crippen molar-refractivity contribution in [2.45, 2.75) is 45.4 Å². The topological polar surface area (TPSA) is 9.23 Å². The van der Waals surface area contributed by atoms with E-state index in [1.807, 2.05) is 36.4 Å². The predicted octanol–water partition coefficient (Wildman–Crippen LogP) is 5.23. The second kappa shape index (κ2) is 9.76. The van der Waals surface area contributed by atoms with Crippen LogP contribution < -0.4 is 4.74 Å². The molecule has 0 spiro atoms. The fraction of sp³-hybridized carbons (Fsp3) is 0.529. The highest BCUT2D eigenvalue weighted by Gasteiger charge is 2.05. The van der Waals surface area contributed by atoms with Crippen molar-refractivity contribution in [1.29, 1.82) is 0 Å². The van der Waals surface area contributed by atoms with Crippen LogP contribution >= 0.6 is 0 Å². The van der Waals surface area contributed by atoms with Gasteiger partial charge in [0, 0.05) is 5.92 Å². The molecule has 0 heterocycles. The molecule has 1 unspecified atom stereocenters. The van der Waals surface area contributed by atoms with E-state index in [0.29, 0.717) is 5.92 Å². The number of hydrogen-bond acceptors (Lipinski definition) is 1. The first-order valence-corrected chi connectivity index (χ1v) is 7.17. The molecule has 0 aliphatic rings. The maximum atomic E-state index is 5.77. The lowest BCUT2D eigenvalue weighted by Gasteiger charge is -2.13. The van der Waals surface area contributed by atoms with Gasteiger partial charge in [-0.2, -0.15) is 0 Å². The van der Waals surface area contributed by atoms with Crippen molar-refractivity contribution in [3.05, 3.63) is 43.0 Å². The van der Waals surface area contributed by atoms with Crippen LogP contribution in [0.3, 0.4) is 0 Å². The lowest BCUT2D eigenvalue weighted by molar-refractivity contribution is 0.265. The Morgan fingerprint density at radius 3 is 2.50 bits per heavy atom. The predicted molar refractivity (Wildman–Crippen MR) is 79.0 cm³/mol. The van der Waals surface area contributed by atoms with Crippen LogP contribution in [0.1, 0.15) is 45.4 Å². The molecule has 0 amide bonds. The first kappa shape index (κ1) is 14.8. The van der Waals surface area contributed by atoms with Crippen LogP contribution in [-0.2, 0) is 0 Å². The number of para-hydroxylation sites is 1. The third-order valence-electron chi connectivity index (χ3n) is 3.22. The van der Waals surface area contributed by atoms with Crippen LogP contribution in [0.25, 0.3) is 0 Å². The minimum absolute atomic E-state index is 0.479. The summed E-state index contributed by atoms with van der Waals surface area (Å²) in [5.74, 6) is 1.43. The standard InChI is InChI=1S/C17H26O/c1-3-5-6-7-9-12-16(4-2)15-18-17-13-10-8-11-14-17/h4,8,10-11,13-14,16H,2-3,5-7,9,12,15H2,1H3. The van der Waals surface area contributed by atoms with Gasteiger partial charge in [-0.05, 0) is 18.6 Å². The van der Waals surface area contributed by atoms with E-state index in [0.717, 1.165) is 12.4 Å². The number of benzene rings is 1. The van der Waals surface area contributed by atoms with Gasteiger partial charge in [-0.15, -0.1) is 6.58 Å². The first-order chi connectivity index (χ1) is 8.86. The van der Waals surface area contributed by atoms with E-state index in [1.54, 1.807) is 0 Å². The second-order valence-corrected chi connectivity index (χ2v) is 4.82. The van der Waals surface area contributed by atoms with E-state index in [4.69, 9.17) is 4.74 Å². The zero-order valence-electron chi connectivity index (χ0n) is 11.6. The Hall–Kier alpha value is -1.24. The van der Waals surface area contributed by atoms with Gasteiger partial charge in [-0.3, -0.25) is 0 Å². The average molecular weight is 246 g/mol. The normalized spacial score (nSPS) is 12.1. The van der Waals surface area contributed by atoms with Gasteiger partial charge in [0.15, 0.2) is 0 Å². The molecule has 1 aromatic rings. The summed E-state index contributed by atoms with van der Waals surface area (Å²) in [4.78, 5) is 0. The minimum atomic E-state index is 0.479. The van der Waals surface area contributed by atoms with Gasteiger partial charge in [-0.1, -0.05) is 63.3 Å². The molecule has 0 radical (unpaired) electrons. The maximum absolute atomic E-state index is 5.77. The largest absolute Gasteiger partial charge is 0.493 e. The zero-order chi connectivity index (χ0) is 13.1. The molecule has 0 fully saturated rings. The van der Waals surface area contributed by atoms with Gasteiger partial charge in [0.1, 0.15) is 5.75 Å². The molecule has 0 aliphatic heterocycles. The summed E-state index contributed by atoms with van der Waals surface area (Å²) in [5.41, 5.74) is 0. The molecule has 1 aromatic carbocycles. The van der Waals surface area contributed by atoms with Crippen LogP contribution in [0.15, 0.2) is 43.0 Å². The van der Waals surface area contributed by atoms with Gasteiger partial charge in [0.25, 0.3) is 0 Å². The quantitative estimate of drug-likeness (QED) is 0.406. The lowest BCUT2D eigenvalue weighted by atomic mass is 10.0. The summed E-state index contributed by atoms with van der Waals surface area (Å²) in [6.07, 6.45) is 9.88. The number of unbranched alkanes of at least 4 members (excludes halogenated alkanes) is 4. The third kappa shape index (κ3) is 6.48. The molecule has 1 nitrogen and oxygen atoms in total. The molecular formula is C17H26O. The highest BCUT2D eigenvalue weighted by atomic mass is 16.5. The fourth-order valence-corrected chi connectivity index (χ4v) is 2.00. The molecule has 0 aliphatic carbocycles. The molecule has 100 valence electrons. The summed E-state index contributed by atoms with van der Waals surface area (Å²) in [5, 5.41) is 0. The summed E-state index contributed by atoms with van der Waals surface area (Å²) in [6, 6.07) is 10.0. The van der Waals surface area contributed by atoms with E-state index in [9.17, 15) is 0 Å². The van der Waals surface area contributed by atoms with Crippen LogP contribution in [0.4, 0.5) is 0 Å². The average Bonchev–Trinajstić information content (AvgIpc) is 2.43. The van der Waals surface area contributed by atoms with E-state index < -0.39 is 0 Å². The highest BCUT2D eigenvalue weighted by molar-refractivity contribution is 5.20.